The van der Waals surface area contributed by atoms with Crippen LogP contribution in [0.15, 0.2) is 18.2 Å². The van der Waals surface area contributed by atoms with Crippen molar-refractivity contribution in [3.8, 4) is 5.75 Å². The Morgan fingerprint density at radius 1 is 1.60 bits per heavy atom. The first-order chi connectivity index (χ1) is 7.04. The molecule has 1 rings (SSSR count). The maximum Gasteiger partial charge on any atom is 0.307 e. The summed E-state index contributed by atoms with van der Waals surface area (Å²) in [5.74, 6) is -0.270. The van der Waals surface area contributed by atoms with E-state index in [1.54, 1.807) is 12.1 Å². The molecule has 4 nitrogen and oxygen atoms in total. The molecule has 0 aliphatic rings. The Bertz CT molecular complexity index is 363. The van der Waals surface area contributed by atoms with Gasteiger partial charge >= 0.3 is 5.97 Å². The van der Waals surface area contributed by atoms with Crippen LogP contribution in [-0.4, -0.2) is 18.2 Å². The minimum Gasteiger partial charge on any atom is -0.508 e. The van der Waals surface area contributed by atoms with E-state index in [9.17, 15) is 9.90 Å². The number of methoxy groups -OCH3 is 1. The van der Waals surface area contributed by atoms with Gasteiger partial charge in [-0.15, -0.1) is 0 Å². The van der Waals surface area contributed by atoms with Crippen LogP contribution in [0.2, 0.25) is 0 Å². The van der Waals surface area contributed by atoms with Gasteiger partial charge in [-0.25, -0.2) is 0 Å². The molecule has 3 N–H and O–H groups in total. The molecular weight excluding hydrogens is 194 g/mol. The number of aryl methyl sites for hydroxylation is 1. The Kier molecular flexibility index (Phi) is 3.68. The van der Waals surface area contributed by atoms with E-state index in [4.69, 9.17) is 5.73 Å². The predicted octanol–water partition coefficient (Wildman–Crippen LogP) is 1.26. The van der Waals surface area contributed by atoms with E-state index >= 15 is 0 Å². The Labute approximate surface area is 88.7 Å². The van der Waals surface area contributed by atoms with Crippen molar-refractivity contribution >= 4 is 5.97 Å². The van der Waals surface area contributed by atoms with Crippen LogP contribution in [0.25, 0.3) is 0 Å². The first-order valence-electron chi connectivity index (χ1n) is 4.66. The standard InChI is InChI=1S/C11H15NO3/c1-7-3-4-8(10(13)5-7)9(12)6-11(14)15-2/h3-5,9,13H,6,12H2,1-2H3/t9-/m0/s1. The SMILES string of the molecule is COC(=O)C[C@H](N)c1ccc(C)cc1O. The van der Waals surface area contributed by atoms with Crippen LogP contribution < -0.4 is 5.73 Å². The summed E-state index contributed by atoms with van der Waals surface area (Å²) in [6, 6.07) is 4.65. The number of ether oxygens (including phenoxy) is 1. The second kappa shape index (κ2) is 4.79. The molecule has 0 saturated carbocycles. The summed E-state index contributed by atoms with van der Waals surface area (Å²) in [6.07, 6.45) is 0.0626. The van der Waals surface area contributed by atoms with E-state index < -0.39 is 6.04 Å². The molecule has 0 amide bonds. The summed E-state index contributed by atoms with van der Waals surface area (Å²) in [6.45, 7) is 1.87. The minimum atomic E-state index is -0.530. The van der Waals surface area contributed by atoms with E-state index in [1.807, 2.05) is 13.0 Å². The maximum atomic E-state index is 11.0. The number of nitrogens with two attached hydrogens (primary N) is 1. The average molecular weight is 209 g/mol. The molecule has 4 heteroatoms. The molecular formula is C11H15NO3. The predicted molar refractivity (Wildman–Crippen MR) is 56.4 cm³/mol. The van der Waals surface area contributed by atoms with Crippen LogP contribution in [0.4, 0.5) is 0 Å². The third-order valence-corrected chi connectivity index (χ3v) is 2.20. The van der Waals surface area contributed by atoms with Crippen molar-refractivity contribution in [2.24, 2.45) is 5.73 Å². The molecule has 0 unspecified atom stereocenters. The van der Waals surface area contributed by atoms with Gasteiger partial charge in [0.15, 0.2) is 0 Å². The lowest BCUT2D eigenvalue weighted by Gasteiger charge is -2.12. The molecule has 0 aliphatic carbocycles. The summed E-state index contributed by atoms with van der Waals surface area (Å²) in [5.41, 5.74) is 7.27. The molecule has 0 bridgehead atoms. The van der Waals surface area contributed by atoms with Crippen LogP contribution in [0, 0.1) is 6.92 Å². The summed E-state index contributed by atoms with van der Waals surface area (Å²) in [4.78, 5) is 11.0. The maximum absolute atomic E-state index is 11.0. The van der Waals surface area contributed by atoms with Gasteiger partial charge in [-0.2, -0.15) is 0 Å². The molecule has 1 atom stereocenters. The highest BCUT2D eigenvalue weighted by Crippen LogP contribution is 2.25. The Hall–Kier alpha value is -1.55. The fraction of sp³-hybridized carbons (Fsp3) is 0.364. The fourth-order valence-corrected chi connectivity index (χ4v) is 1.34. The van der Waals surface area contributed by atoms with Crippen molar-refractivity contribution in [3.63, 3.8) is 0 Å². The minimum absolute atomic E-state index is 0.0626. The monoisotopic (exact) mass is 209 g/mol. The number of carbonyl (C=O) groups excluding carboxylic acids is 1. The number of benzene rings is 1. The van der Waals surface area contributed by atoms with Crippen molar-refractivity contribution in [2.45, 2.75) is 19.4 Å². The number of esters is 1. The van der Waals surface area contributed by atoms with E-state index in [1.165, 1.54) is 7.11 Å². The lowest BCUT2D eigenvalue weighted by Crippen LogP contribution is -2.16. The van der Waals surface area contributed by atoms with Crippen molar-refractivity contribution in [2.75, 3.05) is 7.11 Å². The van der Waals surface area contributed by atoms with Gasteiger partial charge in [0.25, 0.3) is 0 Å². The Morgan fingerprint density at radius 3 is 2.80 bits per heavy atom. The van der Waals surface area contributed by atoms with Gasteiger partial charge in [-0.3, -0.25) is 4.79 Å². The topological polar surface area (TPSA) is 72.5 Å². The average Bonchev–Trinajstić information content (AvgIpc) is 2.17. The Balaban J connectivity index is 2.82. The molecule has 1 aromatic rings. The van der Waals surface area contributed by atoms with Gasteiger partial charge < -0.3 is 15.6 Å². The van der Waals surface area contributed by atoms with Gasteiger partial charge in [-0.05, 0) is 18.6 Å². The Morgan fingerprint density at radius 2 is 2.27 bits per heavy atom. The molecule has 15 heavy (non-hydrogen) atoms. The number of hydrogen-bond donors (Lipinski definition) is 2. The normalized spacial score (nSPS) is 12.2. The van der Waals surface area contributed by atoms with E-state index in [0.29, 0.717) is 5.56 Å². The van der Waals surface area contributed by atoms with Gasteiger partial charge in [-0.1, -0.05) is 12.1 Å². The third kappa shape index (κ3) is 2.95. The molecule has 0 radical (unpaired) electrons. The van der Waals surface area contributed by atoms with Crippen LogP contribution in [0.5, 0.6) is 5.75 Å². The second-order valence-corrected chi connectivity index (χ2v) is 3.45. The molecule has 0 aliphatic heterocycles. The van der Waals surface area contributed by atoms with Crippen LogP contribution >= 0.6 is 0 Å². The summed E-state index contributed by atoms with van der Waals surface area (Å²) in [5, 5.41) is 9.62. The summed E-state index contributed by atoms with van der Waals surface area (Å²) in [7, 11) is 1.31. The van der Waals surface area contributed by atoms with Crippen LogP contribution in [0.1, 0.15) is 23.6 Å². The van der Waals surface area contributed by atoms with E-state index in [2.05, 4.69) is 4.74 Å². The first-order valence-corrected chi connectivity index (χ1v) is 4.66. The number of carbonyl (C=O) groups is 1. The van der Waals surface area contributed by atoms with Gasteiger partial charge in [0, 0.05) is 11.6 Å². The number of aromatic hydroxyl groups is 1. The molecule has 0 heterocycles. The van der Waals surface area contributed by atoms with Crippen molar-refractivity contribution in [3.05, 3.63) is 29.3 Å². The largest absolute Gasteiger partial charge is 0.508 e. The molecule has 0 spiro atoms. The molecule has 82 valence electrons. The quantitative estimate of drug-likeness (QED) is 0.735. The second-order valence-electron chi connectivity index (χ2n) is 3.45. The van der Waals surface area contributed by atoms with Gasteiger partial charge in [0.05, 0.1) is 13.5 Å². The zero-order valence-corrected chi connectivity index (χ0v) is 8.86. The first kappa shape index (κ1) is 11.5. The third-order valence-electron chi connectivity index (χ3n) is 2.20. The molecule has 1 aromatic carbocycles. The van der Waals surface area contributed by atoms with Crippen LogP contribution in [0.3, 0.4) is 0 Å². The highest BCUT2D eigenvalue weighted by atomic mass is 16.5. The number of phenols is 1. The van der Waals surface area contributed by atoms with Crippen molar-refractivity contribution in [1.29, 1.82) is 0 Å². The van der Waals surface area contributed by atoms with Crippen molar-refractivity contribution in [1.82, 2.24) is 0 Å². The number of hydrogen-bond acceptors (Lipinski definition) is 4. The molecule has 0 fully saturated rings. The van der Waals surface area contributed by atoms with Crippen molar-refractivity contribution < 1.29 is 14.6 Å². The summed E-state index contributed by atoms with van der Waals surface area (Å²) >= 11 is 0. The highest BCUT2D eigenvalue weighted by Gasteiger charge is 2.15. The summed E-state index contributed by atoms with van der Waals surface area (Å²) < 4.78 is 4.51. The lowest BCUT2D eigenvalue weighted by molar-refractivity contribution is -0.141. The zero-order valence-electron chi connectivity index (χ0n) is 8.86. The van der Waals surface area contributed by atoms with E-state index in [0.717, 1.165) is 5.56 Å². The van der Waals surface area contributed by atoms with Gasteiger partial charge in [0.2, 0.25) is 0 Å². The number of rotatable bonds is 3. The smallest absolute Gasteiger partial charge is 0.307 e. The highest BCUT2D eigenvalue weighted by molar-refractivity contribution is 5.70. The van der Waals surface area contributed by atoms with Gasteiger partial charge in [0.1, 0.15) is 5.75 Å². The lowest BCUT2D eigenvalue weighted by atomic mass is 10.0. The van der Waals surface area contributed by atoms with Crippen LogP contribution in [-0.2, 0) is 9.53 Å². The number of phenolic OH excluding ortho intramolecular Hbond substituents is 1. The zero-order chi connectivity index (χ0) is 11.4. The van der Waals surface area contributed by atoms with E-state index in [-0.39, 0.29) is 18.1 Å². The molecule has 0 saturated heterocycles. The molecule has 0 aromatic heterocycles. The fourth-order valence-electron chi connectivity index (χ4n) is 1.34.